The summed E-state index contributed by atoms with van der Waals surface area (Å²) in [6.45, 7) is 3.41. The molecule has 0 spiro atoms. The predicted octanol–water partition coefficient (Wildman–Crippen LogP) is 2.51. The molecular weight excluding hydrogens is 434 g/mol. The molecule has 2 aromatic carbocycles. The Labute approximate surface area is 195 Å². The number of amides is 1. The van der Waals surface area contributed by atoms with Crippen molar-refractivity contribution in [3.63, 3.8) is 0 Å². The predicted molar refractivity (Wildman–Crippen MR) is 127 cm³/mol. The molecule has 1 N–H and O–H groups in total. The van der Waals surface area contributed by atoms with E-state index >= 15 is 0 Å². The van der Waals surface area contributed by atoms with Crippen LogP contribution in [0.15, 0.2) is 65.9 Å². The van der Waals surface area contributed by atoms with Gasteiger partial charge in [0.05, 0.1) is 19.3 Å². The Kier molecular flexibility index (Phi) is 5.82. The molecular formula is C25H23N5O4. The monoisotopic (exact) mass is 457 g/mol. The number of benzene rings is 2. The van der Waals surface area contributed by atoms with E-state index in [1.165, 1.54) is 24.2 Å². The number of nitrogens with one attached hydrogen (secondary N) is 1. The summed E-state index contributed by atoms with van der Waals surface area (Å²) in [5.41, 5.74) is 3.38. The first-order valence-electron chi connectivity index (χ1n) is 10.9. The second-order valence-electron chi connectivity index (χ2n) is 8.01. The zero-order valence-corrected chi connectivity index (χ0v) is 18.6. The molecule has 2 aromatic heterocycles. The maximum atomic E-state index is 12.9. The maximum Gasteiger partial charge on any atom is 0.264 e. The number of hydrogen-bond donors (Lipinski definition) is 1. The van der Waals surface area contributed by atoms with Gasteiger partial charge in [-0.25, -0.2) is 9.67 Å². The third kappa shape index (κ3) is 4.54. The highest BCUT2D eigenvalue weighted by molar-refractivity contribution is 5.91. The van der Waals surface area contributed by atoms with Crippen LogP contribution in [-0.4, -0.2) is 38.6 Å². The number of nitrogens with zero attached hydrogens (tertiary/aromatic N) is 4. The van der Waals surface area contributed by atoms with Gasteiger partial charge in [0.15, 0.2) is 17.1 Å². The first kappa shape index (κ1) is 21.4. The Morgan fingerprint density at radius 2 is 1.97 bits per heavy atom. The van der Waals surface area contributed by atoms with E-state index in [0.29, 0.717) is 42.2 Å². The highest BCUT2D eigenvalue weighted by atomic mass is 16.7. The van der Waals surface area contributed by atoms with E-state index in [-0.39, 0.29) is 18.3 Å². The van der Waals surface area contributed by atoms with Crippen molar-refractivity contribution in [3.8, 4) is 11.5 Å². The van der Waals surface area contributed by atoms with Gasteiger partial charge < -0.3 is 14.8 Å². The van der Waals surface area contributed by atoms with E-state index in [0.717, 1.165) is 11.1 Å². The van der Waals surface area contributed by atoms with Gasteiger partial charge in [0, 0.05) is 12.6 Å². The second-order valence-corrected chi connectivity index (χ2v) is 8.01. The number of aryl methyl sites for hydroxylation is 1. The molecule has 0 fully saturated rings. The summed E-state index contributed by atoms with van der Waals surface area (Å²) >= 11 is 0. The van der Waals surface area contributed by atoms with Crippen LogP contribution >= 0.6 is 0 Å². The van der Waals surface area contributed by atoms with E-state index in [2.05, 4.69) is 15.4 Å². The molecule has 172 valence electrons. The number of carbonyl (C=O) groups excluding carboxylic acids is 1. The third-order valence-electron chi connectivity index (χ3n) is 5.54. The number of ether oxygens (including phenoxy) is 2. The Morgan fingerprint density at radius 3 is 2.82 bits per heavy atom. The summed E-state index contributed by atoms with van der Waals surface area (Å²) in [4.78, 5) is 29.5. The van der Waals surface area contributed by atoms with Crippen LogP contribution in [0.1, 0.15) is 16.7 Å². The van der Waals surface area contributed by atoms with Crippen LogP contribution in [0.2, 0.25) is 0 Å². The molecule has 1 amide bonds. The zero-order chi connectivity index (χ0) is 23.5. The molecule has 9 heteroatoms. The Morgan fingerprint density at radius 1 is 1.15 bits per heavy atom. The molecule has 0 aliphatic carbocycles. The van der Waals surface area contributed by atoms with Gasteiger partial charge in [-0.3, -0.25) is 14.2 Å². The summed E-state index contributed by atoms with van der Waals surface area (Å²) in [5.74, 6) is 1.13. The maximum absolute atomic E-state index is 12.9. The van der Waals surface area contributed by atoms with Crippen molar-refractivity contribution < 1.29 is 14.3 Å². The van der Waals surface area contributed by atoms with Crippen molar-refractivity contribution in [2.24, 2.45) is 0 Å². The van der Waals surface area contributed by atoms with Crippen LogP contribution in [0.4, 0.5) is 0 Å². The smallest absolute Gasteiger partial charge is 0.264 e. The van der Waals surface area contributed by atoms with Gasteiger partial charge in [-0.15, -0.1) is 0 Å². The summed E-state index contributed by atoms with van der Waals surface area (Å²) in [5, 5.41) is 7.55. The van der Waals surface area contributed by atoms with Gasteiger partial charge in [-0.05, 0) is 36.3 Å². The molecule has 0 saturated heterocycles. The summed E-state index contributed by atoms with van der Waals surface area (Å²) < 4.78 is 13.8. The lowest BCUT2D eigenvalue weighted by atomic mass is 10.1. The Bertz CT molecular complexity index is 1440. The lowest BCUT2D eigenvalue weighted by Gasteiger charge is -2.07. The summed E-state index contributed by atoms with van der Waals surface area (Å²) in [6.07, 6.45) is 6.23. The molecule has 4 aromatic rings. The molecule has 0 atom stereocenters. The molecule has 9 nitrogen and oxygen atoms in total. The molecule has 5 rings (SSSR count). The quantitative estimate of drug-likeness (QED) is 0.428. The lowest BCUT2D eigenvalue weighted by molar-refractivity contribution is -0.116. The first-order valence-corrected chi connectivity index (χ1v) is 10.9. The average molecular weight is 457 g/mol. The second kappa shape index (κ2) is 9.22. The van der Waals surface area contributed by atoms with Crippen molar-refractivity contribution in [2.45, 2.75) is 20.0 Å². The molecule has 0 saturated carbocycles. The molecule has 34 heavy (non-hydrogen) atoms. The highest BCUT2D eigenvalue weighted by Crippen LogP contribution is 2.32. The minimum absolute atomic E-state index is 0.146. The number of rotatable bonds is 7. The summed E-state index contributed by atoms with van der Waals surface area (Å²) in [7, 11) is 0. The van der Waals surface area contributed by atoms with Crippen molar-refractivity contribution in [1.82, 2.24) is 24.6 Å². The number of fused-ring (bicyclic) bond motifs is 2. The van der Waals surface area contributed by atoms with E-state index in [4.69, 9.17) is 9.47 Å². The third-order valence-corrected chi connectivity index (χ3v) is 5.54. The van der Waals surface area contributed by atoms with Crippen molar-refractivity contribution in [3.05, 3.63) is 88.1 Å². The Hall–Kier alpha value is -4.40. The zero-order valence-electron chi connectivity index (χ0n) is 18.6. The van der Waals surface area contributed by atoms with Gasteiger partial charge in [-0.2, -0.15) is 5.10 Å². The standard InChI is InChI=1S/C25H23N5O4/c1-17-2-4-19(5-3-17)14-29-15-27-24-20(25(29)32)13-28-30(24)11-10-26-23(31)9-7-18-6-8-21-22(12-18)34-16-33-21/h2-9,12-13,15H,10-11,14,16H2,1H3,(H,26,31)/b9-7-. The number of hydrogen-bond acceptors (Lipinski definition) is 6. The fourth-order valence-corrected chi connectivity index (χ4v) is 3.70. The molecule has 0 bridgehead atoms. The first-order chi connectivity index (χ1) is 16.6. The van der Waals surface area contributed by atoms with Gasteiger partial charge in [-0.1, -0.05) is 35.9 Å². The fourth-order valence-electron chi connectivity index (χ4n) is 3.70. The van der Waals surface area contributed by atoms with E-state index in [9.17, 15) is 9.59 Å². The topological polar surface area (TPSA) is 100 Å². The Balaban J connectivity index is 1.19. The molecule has 0 unspecified atom stereocenters. The van der Waals surface area contributed by atoms with E-state index < -0.39 is 0 Å². The van der Waals surface area contributed by atoms with Crippen LogP contribution < -0.4 is 20.3 Å². The number of aromatic nitrogens is 4. The highest BCUT2D eigenvalue weighted by Gasteiger charge is 2.13. The average Bonchev–Trinajstić information content (AvgIpc) is 3.48. The number of carbonyl (C=O) groups is 1. The van der Waals surface area contributed by atoms with Gasteiger partial charge in [0.2, 0.25) is 12.7 Å². The normalized spacial score (nSPS) is 12.5. The molecule has 1 aliphatic rings. The van der Waals surface area contributed by atoms with Crippen LogP contribution in [0.5, 0.6) is 11.5 Å². The minimum atomic E-state index is -0.234. The van der Waals surface area contributed by atoms with Crippen LogP contribution in [0, 0.1) is 6.92 Å². The van der Waals surface area contributed by atoms with Crippen molar-refractivity contribution in [1.29, 1.82) is 0 Å². The van der Waals surface area contributed by atoms with E-state index in [1.54, 1.807) is 15.3 Å². The van der Waals surface area contributed by atoms with Crippen LogP contribution in [0.25, 0.3) is 17.1 Å². The van der Waals surface area contributed by atoms with E-state index in [1.807, 2.05) is 49.4 Å². The van der Waals surface area contributed by atoms with Crippen LogP contribution in [0.3, 0.4) is 0 Å². The lowest BCUT2D eigenvalue weighted by Crippen LogP contribution is -2.26. The van der Waals surface area contributed by atoms with Crippen molar-refractivity contribution >= 4 is 23.0 Å². The molecule has 0 radical (unpaired) electrons. The SMILES string of the molecule is Cc1ccc(Cn2cnc3c(cnn3CCNC(=O)/C=C\c3ccc4c(c3)OCO4)c2=O)cc1. The summed E-state index contributed by atoms with van der Waals surface area (Å²) in [6, 6.07) is 13.5. The van der Waals surface area contributed by atoms with Gasteiger partial charge in [0.25, 0.3) is 5.56 Å². The minimum Gasteiger partial charge on any atom is -0.454 e. The van der Waals surface area contributed by atoms with Crippen molar-refractivity contribution in [2.75, 3.05) is 13.3 Å². The molecule has 3 heterocycles. The van der Waals surface area contributed by atoms with Gasteiger partial charge >= 0.3 is 0 Å². The van der Waals surface area contributed by atoms with Gasteiger partial charge in [0.1, 0.15) is 11.7 Å². The van der Waals surface area contributed by atoms with Crippen LogP contribution in [-0.2, 0) is 17.9 Å². The molecule has 1 aliphatic heterocycles. The largest absolute Gasteiger partial charge is 0.454 e. The fraction of sp³-hybridized carbons (Fsp3) is 0.200.